The van der Waals surface area contributed by atoms with Gasteiger partial charge >= 0.3 is 0 Å². The second-order valence-electron chi connectivity index (χ2n) is 4.08. The smallest absolute Gasteiger partial charge is 0.269 e. The second kappa shape index (κ2) is 5.67. The zero-order valence-corrected chi connectivity index (χ0v) is 11.0. The first kappa shape index (κ1) is 13.3. The Labute approximate surface area is 115 Å². The number of rotatable bonds is 4. The summed E-state index contributed by atoms with van der Waals surface area (Å²) >= 11 is 6.03. The quantitative estimate of drug-likeness (QED) is 0.685. The minimum Gasteiger partial charge on any atom is -0.379 e. The van der Waals surface area contributed by atoms with Gasteiger partial charge in [0.05, 0.1) is 16.8 Å². The first-order valence-electron chi connectivity index (χ1n) is 5.65. The highest BCUT2D eigenvalue weighted by Gasteiger charge is 2.09. The Bertz CT molecular complexity index is 617. The molecule has 6 heteroatoms. The van der Waals surface area contributed by atoms with E-state index in [1.54, 1.807) is 12.4 Å². The summed E-state index contributed by atoms with van der Waals surface area (Å²) in [6, 6.07) is 6.28. The number of aromatic nitrogens is 1. The van der Waals surface area contributed by atoms with Crippen LogP contribution in [0, 0.1) is 17.0 Å². The van der Waals surface area contributed by atoms with Crippen molar-refractivity contribution in [2.24, 2.45) is 0 Å². The molecule has 0 aliphatic carbocycles. The summed E-state index contributed by atoms with van der Waals surface area (Å²) in [7, 11) is 0. The molecule has 0 unspecified atom stereocenters. The number of benzene rings is 1. The van der Waals surface area contributed by atoms with Crippen molar-refractivity contribution in [3.63, 3.8) is 0 Å². The normalized spacial score (nSPS) is 10.2. The number of nitro groups is 1. The van der Waals surface area contributed by atoms with E-state index >= 15 is 0 Å². The number of nitrogens with zero attached hydrogens (tertiary/aromatic N) is 2. The maximum atomic E-state index is 10.7. The molecule has 0 atom stereocenters. The van der Waals surface area contributed by atoms with Crippen LogP contribution < -0.4 is 5.32 Å². The number of hydrogen-bond acceptors (Lipinski definition) is 4. The molecule has 0 saturated heterocycles. The molecule has 1 aromatic heterocycles. The van der Waals surface area contributed by atoms with Crippen molar-refractivity contribution < 1.29 is 4.92 Å². The molecular formula is C13H12ClN3O2. The molecule has 0 bridgehead atoms. The fourth-order valence-electron chi connectivity index (χ4n) is 1.65. The van der Waals surface area contributed by atoms with Crippen LogP contribution in [-0.2, 0) is 6.54 Å². The van der Waals surface area contributed by atoms with Gasteiger partial charge in [0.1, 0.15) is 0 Å². The van der Waals surface area contributed by atoms with Gasteiger partial charge in [-0.25, -0.2) is 0 Å². The second-order valence-corrected chi connectivity index (χ2v) is 4.48. The predicted octanol–water partition coefficient (Wildman–Crippen LogP) is 3.56. The minimum atomic E-state index is -0.435. The fraction of sp³-hybridized carbons (Fsp3) is 0.154. The van der Waals surface area contributed by atoms with Gasteiger partial charge in [-0.15, -0.1) is 0 Å². The molecule has 0 fully saturated rings. The van der Waals surface area contributed by atoms with Crippen LogP contribution in [0.1, 0.15) is 11.1 Å². The molecule has 0 radical (unpaired) electrons. The minimum absolute atomic E-state index is 0.0316. The molecule has 98 valence electrons. The highest BCUT2D eigenvalue weighted by molar-refractivity contribution is 6.31. The van der Waals surface area contributed by atoms with E-state index in [-0.39, 0.29) is 5.69 Å². The van der Waals surface area contributed by atoms with Crippen molar-refractivity contribution in [3.05, 3.63) is 62.9 Å². The Morgan fingerprint density at radius 2 is 2.21 bits per heavy atom. The molecule has 1 N–H and O–H groups in total. The van der Waals surface area contributed by atoms with Crippen LogP contribution >= 0.6 is 11.6 Å². The molecule has 2 rings (SSSR count). The topological polar surface area (TPSA) is 68.1 Å². The fourth-order valence-corrected chi connectivity index (χ4v) is 1.83. The number of halogens is 1. The summed E-state index contributed by atoms with van der Waals surface area (Å²) in [4.78, 5) is 14.3. The summed E-state index contributed by atoms with van der Waals surface area (Å²) in [5.41, 5.74) is 2.64. The van der Waals surface area contributed by atoms with Gasteiger partial charge in [0.15, 0.2) is 0 Å². The van der Waals surface area contributed by atoms with Crippen molar-refractivity contribution in [2.45, 2.75) is 13.5 Å². The lowest BCUT2D eigenvalue weighted by Crippen LogP contribution is -2.02. The van der Waals surface area contributed by atoms with Crippen LogP contribution in [0.5, 0.6) is 0 Å². The van der Waals surface area contributed by atoms with Crippen LogP contribution in [0.2, 0.25) is 5.02 Å². The number of pyridine rings is 1. The van der Waals surface area contributed by atoms with E-state index in [2.05, 4.69) is 10.3 Å². The predicted molar refractivity (Wildman–Crippen MR) is 74.4 cm³/mol. The van der Waals surface area contributed by atoms with E-state index < -0.39 is 4.92 Å². The lowest BCUT2D eigenvalue weighted by atomic mass is 10.2. The standard InChI is InChI=1S/C13H12ClN3O2/c1-9-4-5-15-8-13(9)16-7-10-6-11(17(18)19)2-3-12(10)14/h2-6,8,16H,7H2,1H3. The molecule has 1 heterocycles. The number of anilines is 1. The number of nitro benzene ring substituents is 1. The van der Waals surface area contributed by atoms with Gasteiger partial charge in [-0.05, 0) is 30.2 Å². The largest absolute Gasteiger partial charge is 0.379 e. The van der Waals surface area contributed by atoms with E-state index in [9.17, 15) is 10.1 Å². The van der Waals surface area contributed by atoms with E-state index in [4.69, 9.17) is 11.6 Å². The molecular weight excluding hydrogens is 266 g/mol. The third-order valence-corrected chi connectivity index (χ3v) is 3.12. The van der Waals surface area contributed by atoms with Gasteiger partial charge in [-0.2, -0.15) is 0 Å². The van der Waals surface area contributed by atoms with Crippen molar-refractivity contribution in [1.29, 1.82) is 0 Å². The number of non-ortho nitro benzene ring substituents is 1. The monoisotopic (exact) mass is 277 g/mol. The van der Waals surface area contributed by atoms with Gasteiger partial charge < -0.3 is 5.32 Å². The van der Waals surface area contributed by atoms with Gasteiger partial charge in [0.25, 0.3) is 5.69 Å². The molecule has 5 nitrogen and oxygen atoms in total. The summed E-state index contributed by atoms with van der Waals surface area (Å²) in [5.74, 6) is 0. The third-order valence-electron chi connectivity index (χ3n) is 2.75. The lowest BCUT2D eigenvalue weighted by molar-refractivity contribution is -0.384. The lowest BCUT2D eigenvalue weighted by Gasteiger charge is -2.09. The molecule has 0 spiro atoms. The van der Waals surface area contributed by atoms with Crippen molar-refractivity contribution in [1.82, 2.24) is 4.98 Å². The van der Waals surface area contributed by atoms with E-state index in [0.29, 0.717) is 17.1 Å². The Balaban J connectivity index is 2.17. The Hall–Kier alpha value is -2.14. The SMILES string of the molecule is Cc1ccncc1NCc1cc([N+](=O)[O-])ccc1Cl. The Kier molecular flexibility index (Phi) is 3.97. The summed E-state index contributed by atoms with van der Waals surface area (Å²) in [6.45, 7) is 2.37. The maximum absolute atomic E-state index is 10.7. The van der Waals surface area contributed by atoms with Gasteiger partial charge in [-0.3, -0.25) is 15.1 Å². The Morgan fingerprint density at radius 1 is 1.42 bits per heavy atom. The van der Waals surface area contributed by atoms with Crippen LogP contribution in [0.25, 0.3) is 0 Å². The van der Waals surface area contributed by atoms with Crippen LogP contribution in [0.15, 0.2) is 36.7 Å². The van der Waals surface area contributed by atoms with Crippen LogP contribution in [0.4, 0.5) is 11.4 Å². The zero-order chi connectivity index (χ0) is 13.8. The maximum Gasteiger partial charge on any atom is 0.269 e. The van der Waals surface area contributed by atoms with Gasteiger partial charge in [0, 0.05) is 29.9 Å². The van der Waals surface area contributed by atoms with E-state index in [1.165, 1.54) is 18.2 Å². The van der Waals surface area contributed by atoms with Crippen molar-refractivity contribution in [3.8, 4) is 0 Å². The summed E-state index contributed by atoms with van der Waals surface area (Å²) in [6.07, 6.45) is 3.42. The van der Waals surface area contributed by atoms with Crippen LogP contribution in [-0.4, -0.2) is 9.91 Å². The van der Waals surface area contributed by atoms with Crippen molar-refractivity contribution >= 4 is 23.0 Å². The molecule has 0 saturated carbocycles. The molecule has 0 aliphatic heterocycles. The highest BCUT2D eigenvalue weighted by atomic mass is 35.5. The van der Waals surface area contributed by atoms with E-state index in [1.807, 2.05) is 13.0 Å². The highest BCUT2D eigenvalue weighted by Crippen LogP contribution is 2.23. The number of aryl methyl sites for hydroxylation is 1. The summed E-state index contributed by atoms with van der Waals surface area (Å²) in [5, 5.41) is 14.4. The van der Waals surface area contributed by atoms with E-state index in [0.717, 1.165) is 11.3 Å². The average molecular weight is 278 g/mol. The third kappa shape index (κ3) is 3.20. The first-order valence-corrected chi connectivity index (χ1v) is 6.03. The number of nitrogens with one attached hydrogen (secondary N) is 1. The van der Waals surface area contributed by atoms with Gasteiger partial charge in [-0.1, -0.05) is 11.6 Å². The zero-order valence-electron chi connectivity index (χ0n) is 10.3. The molecule has 1 aromatic carbocycles. The molecule has 0 amide bonds. The van der Waals surface area contributed by atoms with Crippen molar-refractivity contribution in [2.75, 3.05) is 5.32 Å². The van der Waals surface area contributed by atoms with Gasteiger partial charge in [0.2, 0.25) is 0 Å². The molecule has 2 aromatic rings. The molecule has 19 heavy (non-hydrogen) atoms. The number of hydrogen-bond donors (Lipinski definition) is 1. The molecule has 0 aliphatic rings. The summed E-state index contributed by atoms with van der Waals surface area (Å²) < 4.78 is 0. The first-order chi connectivity index (χ1) is 9.08. The average Bonchev–Trinajstić information content (AvgIpc) is 2.39. The van der Waals surface area contributed by atoms with Crippen LogP contribution in [0.3, 0.4) is 0 Å². The Morgan fingerprint density at radius 3 is 2.89 bits per heavy atom.